The van der Waals surface area contributed by atoms with Gasteiger partial charge in [-0.25, -0.2) is 0 Å². The van der Waals surface area contributed by atoms with Crippen molar-refractivity contribution in [1.29, 1.82) is 0 Å². The zero-order valence-electron chi connectivity index (χ0n) is 11.9. The minimum absolute atomic E-state index is 0.238. The van der Waals surface area contributed by atoms with Gasteiger partial charge in [-0.15, -0.1) is 11.6 Å². The van der Waals surface area contributed by atoms with E-state index in [4.69, 9.17) is 11.6 Å². The Morgan fingerprint density at radius 3 is 2.44 bits per heavy atom. The molecule has 0 saturated heterocycles. The summed E-state index contributed by atoms with van der Waals surface area (Å²) in [6.07, 6.45) is 3.36. The fourth-order valence-corrected chi connectivity index (χ4v) is 2.63. The summed E-state index contributed by atoms with van der Waals surface area (Å²) in [6.45, 7) is 8.66. The first-order valence-corrected chi connectivity index (χ1v) is 7.30. The first-order chi connectivity index (χ1) is 8.47. The van der Waals surface area contributed by atoms with Crippen molar-refractivity contribution in [2.24, 2.45) is 5.41 Å². The lowest BCUT2D eigenvalue weighted by Crippen LogP contribution is -2.27. The highest BCUT2D eigenvalue weighted by Crippen LogP contribution is 2.23. The van der Waals surface area contributed by atoms with E-state index in [1.165, 1.54) is 12.0 Å². The van der Waals surface area contributed by atoms with Gasteiger partial charge in [-0.05, 0) is 36.8 Å². The van der Waals surface area contributed by atoms with E-state index in [9.17, 15) is 0 Å². The van der Waals surface area contributed by atoms with Gasteiger partial charge in [0.2, 0.25) is 0 Å². The lowest BCUT2D eigenvalue weighted by Gasteiger charge is -2.22. The van der Waals surface area contributed by atoms with Gasteiger partial charge in [-0.1, -0.05) is 51.1 Å². The lowest BCUT2D eigenvalue weighted by atomic mass is 9.90. The van der Waals surface area contributed by atoms with Gasteiger partial charge in [-0.3, -0.25) is 0 Å². The average Bonchev–Trinajstić information content (AvgIpc) is 2.27. The second-order valence-electron chi connectivity index (χ2n) is 6.16. The van der Waals surface area contributed by atoms with Crippen LogP contribution in [-0.2, 0) is 6.42 Å². The Bertz CT molecular complexity index is 316. The van der Waals surface area contributed by atoms with Gasteiger partial charge in [0.15, 0.2) is 0 Å². The van der Waals surface area contributed by atoms with Crippen molar-refractivity contribution in [1.82, 2.24) is 5.32 Å². The topological polar surface area (TPSA) is 12.0 Å². The summed E-state index contributed by atoms with van der Waals surface area (Å²) < 4.78 is 0. The quantitative estimate of drug-likeness (QED) is 0.575. The van der Waals surface area contributed by atoms with Gasteiger partial charge in [0.1, 0.15) is 0 Å². The molecule has 0 aliphatic carbocycles. The van der Waals surface area contributed by atoms with Crippen LogP contribution in [0.5, 0.6) is 0 Å². The maximum Gasteiger partial charge on any atom is 0.0465 e. The molecule has 0 aliphatic rings. The van der Waals surface area contributed by atoms with Crippen LogP contribution in [0, 0.1) is 5.41 Å². The highest BCUT2D eigenvalue weighted by Gasteiger charge is 2.16. The molecule has 0 fully saturated rings. The number of halogens is 1. The van der Waals surface area contributed by atoms with Crippen LogP contribution in [0.1, 0.15) is 39.2 Å². The Hall–Kier alpha value is -0.530. The minimum atomic E-state index is 0.238. The molecule has 2 heteroatoms. The van der Waals surface area contributed by atoms with E-state index in [0.717, 1.165) is 25.9 Å². The molecule has 1 aromatic carbocycles. The summed E-state index contributed by atoms with van der Waals surface area (Å²) in [7, 11) is 0. The Morgan fingerprint density at radius 2 is 1.83 bits per heavy atom. The summed E-state index contributed by atoms with van der Waals surface area (Å²) in [5.74, 6) is 0. The van der Waals surface area contributed by atoms with Gasteiger partial charge >= 0.3 is 0 Å². The van der Waals surface area contributed by atoms with E-state index >= 15 is 0 Å². The van der Waals surface area contributed by atoms with Crippen LogP contribution in [0.15, 0.2) is 30.3 Å². The third-order valence-corrected chi connectivity index (χ3v) is 3.17. The molecule has 1 unspecified atom stereocenters. The fraction of sp³-hybridized carbons (Fsp3) is 0.625. The van der Waals surface area contributed by atoms with Gasteiger partial charge < -0.3 is 5.32 Å². The van der Waals surface area contributed by atoms with Crippen LogP contribution >= 0.6 is 11.6 Å². The van der Waals surface area contributed by atoms with Crippen molar-refractivity contribution >= 4 is 11.6 Å². The van der Waals surface area contributed by atoms with E-state index < -0.39 is 0 Å². The third-order valence-electron chi connectivity index (χ3n) is 2.86. The van der Waals surface area contributed by atoms with Crippen LogP contribution in [0.2, 0.25) is 0 Å². The Balaban J connectivity index is 2.05. The second kappa shape index (κ2) is 7.81. The Labute approximate surface area is 117 Å². The van der Waals surface area contributed by atoms with E-state index in [0.29, 0.717) is 5.41 Å². The average molecular weight is 268 g/mol. The highest BCUT2D eigenvalue weighted by molar-refractivity contribution is 6.20. The lowest BCUT2D eigenvalue weighted by molar-refractivity contribution is 0.364. The number of aryl methyl sites for hydroxylation is 1. The van der Waals surface area contributed by atoms with E-state index in [-0.39, 0.29) is 5.38 Å². The van der Waals surface area contributed by atoms with Crippen LogP contribution in [0.4, 0.5) is 0 Å². The third kappa shape index (κ3) is 7.73. The van der Waals surface area contributed by atoms with Crippen molar-refractivity contribution in [3.8, 4) is 0 Å². The second-order valence-corrected chi connectivity index (χ2v) is 6.77. The van der Waals surface area contributed by atoms with Gasteiger partial charge in [0.05, 0.1) is 0 Å². The van der Waals surface area contributed by atoms with Crippen LogP contribution in [0.3, 0.4) is 0 Å². The summed E-state index contributed by atoms with van der Waals surface area (Å²) in [6, 6.07) is 10.6. The van der Waals surface area contributed by atoms with Crippen molar-refractivity contribution in [2.75, 3.05) is 13.1 Å². The number of alkyl halides is 1. The van der Waals surface area contributed by atoms with Crippen molar-refractivity contribution in [3.63, 3.8) is 0 Å². The molecule has 0 amide bonds. The Morgan fingerprint density at radius 1 is 1.17 bits per heavy atom. The molecule has 0 saturated carbocycles. The standard InChI is InChI=1S/C16H26ClN/c1-16(2,3)12-15(17)13-18-11-7-10-14-8-5-4-6-9-14/h4-6,8-9,15,18H,7,10-13H2,1-3H3. The monoisotopic (exact) mass is 267 g/mol. The van der Waals surface area contributed by atoms with Crippen molar-refractivity contribution in [2.45, 2.75) is 45.4 Å². The minimum Gasteiger partial charge on any atom is -0.315 e. The SMILES string of the molecule is CC(C)(C)CC(Cl)CNCCCc1ccccc1. The van der Waals surface area contributed by atoms with Crippen molar-refractivity contribution in [3.05, 3.63) is 35.9 Å². The number of rotatable bonds is 7. The predicted octanol–water partition coefficient (Wildman–Crippen LogP) is 4.25. The summed E-state index contributed by atoms with van der Waals surface area (Å²) >= 11 is 6.30. The zero-order valence-corrected chi connectivity index (χ0v) is 12.6. The maximum absolute atomic E-state index is 6.30. The molecule has 1 aromatic rings. The first-order valence-electron chi connectivity index (χ1n) is 6.86. The molecule has 1 N–H and O–H groups in total. The van der Waals surface area contributed by atoms with Gasteiger partial charge in [-0.2, -0.15) is 0 Å². The van der Waals surface area contributed by atoms with Crippen LogP contribution < -0.4 is 5.32 Å². The molecule has 0 heterocycles. The highest BCUT2D eigenvalue weighted by atomic mass is 35.5. The number of nitrogens with one attached hydrogen (secondary N) is 1. The molecule has 1 rings (SSSR count). The normalized spacial score (nSPS) is 13.6. The molecule has 1 nitrogen and oxygen atoms in total. The van der Waals surface area contributed by atoms with E-state index in [1.54, 1.807) is 0 Å². The molecule has 0 aliphatic heterocycles. The number of benzene rings is 1. The fourth-order valence-electron chi connectivity index (χ4n) is 2.06. The van der Waals surface area contributed by atoms with Gasteiger partial charge in [0.25, 0.3) is 0 Å². The van der Waals surface area contributed by atoms with E-state index in [2.05, 4.69) is 56.4 Å². The van der Waals surface area contributed by atoms with E-state index in [1.807, 2.05) is 0 Å². The molecular formula is C16H26ClN. The summed E-state index contributed by atoms with van der Waals surface area (Å²) in [4.78, 5) is 0. The molecule has 0 spiro atoms. The van der Waals surface area contributed by atoms with Crippen LogP contribution in [-0.4, -0.2) is 18.5 Å². The summed E-state index contributed by atoms with van der Waals surface area (Å²) in [5.41, 5.74) is 1.73. The molecule has 0 bridgehead atoms. The Kier molecular flexibility index (Phi) is 6.73. The predicted molar refractivity (Wildman–Crippen MR) is 81.3 cm³/mol. The molecule has 18 heavy (non-hydrogen) atoms. The number of hydrogen-bond acceptors (Lipinski definition) is 1. The zero-order chi connectivity index (χ0) is 13.4. The first kappa shape index (κ1) is 15.5. The molecule has 0 aromatic heterocycles. The molecule has 1 atom stereocenters. The van der Waals surface area contributed by atoms with Crippen molar-refractivity contribution < 1.29 is 0 Å². The van der Waals surface area contributed by atoms with Gasteiger partial charge in [0, 0.05) is 11.9 Å². The molecule has 102 valence electrons. The molecule has 0 radical (unpaired) electrons. The summed E-state index contributed by atoms with van der Waals surface area (Å²) in [5, 5.41) is 3.68. The molecular weight excluding hydrogens is 242 g/mol. The number of hydrogen-bond donors (Lipinski definition) is 1. The van der Waals surface area contributed by atoms with Crippen LogP contribution in [0.25, 0.3) is 0 Å². The smallest absolute Gasteiger partial charge is 0.0465 e. The maximum atomic E-state index is 6.30. The largest absolute Gasteiger partial charge is 0.315 e.